The Morgan fingerprint density at radius 3 is 2.44 bits per heavy atom. The highest BCUT2D eigenvalue weighted by Gasteiger charge is 1.99. The summed E-state index contributed by atoms with van der Waals surface area (Å²) < 4.78 is 0. The molecular weight excluding hydrogens is 238 g/mol. The minimum Gasteiger partial charge on any atom is -0.360 e. The van der Waals surface area contributed by atoms with Crippen molar-refractivity contribution in [3.63, 3.8) is 0 Å². The molecule has 0 spiro atoms. The Morgan fingerprint density at radius 1 is 1.31 bits per heavy atom. The highest BCUT2D eigenvalue weighted by Crippen LogP contribution is 2.15. The minimum atomic E-state index is 0.318. The van der Waals surface area contributed by atoms with E-state index in [1.54, 1.807) is 0 Å². The van der Waals surface area contributed by atoms with Gasteiger partial charge in [0.25, 0.3) is 0 Å². The monoisotopic (exact) mass is 251 g/mol. The van der Waals surface area contributed by atoms with E-state index in [4.69, 9.17) is 12.2 Å². The highest BCUT2D eigenvalue weighted by molar-refractivity contribution is 7.80. The van der Waals surface area contributed by atoms with Gasteiger partial charge in [-0.25, -0.2) is 0 Å². The summed E-state index contributed by atoms with van der Waals surface area (Å²) in [7, 11) is 0. The largest absolute Gasteiger partial charge is 0.360 e. The number of benzene rings is 1. The molecule has 0 radical (unpaired) electrons. The first-order chi connectivity index (χ1) is 7.61. The third kappa shape index (κ3) is 4.49. The van der Waals surface area contributed by atoms with Crippen LogP contribution in [-0.4, -0.2) is 16.3 Å². The van der Waals surface area contributed by atoms with Gasteiger partial charge in [0.15, 0.2) is 5.11 Å². The molecule has 0 aliphatic heterocycles. The Bertz CT molecular complexity index is 406. The predicted octanol–water partition coefficient (Wildman–Crippen LogP) is 3.12. The second-order valence-corrected chi connectivity index (χ2v) is 4.09. The van der Waals surface area contributed by atoms with Gasteiger partial charge in [-0.1, -0.05) is 0 Å². The molecule has 2 N–H and O–H groups in total. The molecule has 0 aliphatic rings. The first-order valence-electron chi connectivity index (χ1n) is 4.87. The lowest BCUT2D eigenvalue weighted by atomic mass is 10.3. The Morgan fingerprint density at radius 2 is 1.94 bits per heavy atom. The standard InChI is InChI=1S/C11H13N3S2/c1-8(2)13-11(16)14-10-5-3-9(4-6-10)12-7-15/h3-6,8H,1-2H3,(H2,13,14,16). The fourth-order valence-electron chi connectivity index (χ4n) is 1.10. The van der Waals surface area contributed by atoms with E-state index in [1.807, 2.05) is 38.1 Å². The van der Waals surface area contributed by atoms with E-state index in [9.17, 15) is 0 Å². The third-order valence-corrected chi connectivity index (χ3v) is 2.03. The van der Waals surface area contributed by atoms with Gasteiger partial charge in [0, 0.05) is 11.7 Å². The van der Waals surface area contributed by atoms with Crippen molar-refractivity contribution in [1.29, 1.82) is 0 Å². The Balaban J connectivity index is 2.61. The van der Waals surface area contributed by atoms with E-state index in [2.05, 4.69) is 33.0 Å². The number of nitrogens with zero attached hydrogens (tertiary/aromatic N) is 1. The number of nitrogens with one attached hydrogen (secondary N) is 2. The van der Waals surface area contributed by atoms with Crippen LogP contribution in [0.5, 0.6) is 0 Å². The third-order valence-electron chi connectivity index (χ3n) is 1.72. The highest BCUT2D eigenvalue weighted by atomic mass is 32.1. The van der Waals surface area contributed by atoms with Crippen LogP contribution in [0.3, 0.4) is 0 Å². The van der Waals surface area contributed by atoms with Crippen molar-refractivity contribution < 1.29 is 0 Å². The van der Waals surface area contributed by atoms with Crippen molar-refractivity contribution >= 4 is 46.1 Å². The molecule has 0 aromatic heterocycles. The zero-order valence-corrected chi connectivity index (χ0v) is 10.8. The summed E-state index contributed by atoms with van der Waals surface area (Å²) in [6.45, 7) is 4.07. The molecule has 16 heavy (non-hydrogen) atoms. The fourth-order valence-corrected chi connectivity index (χ4v) is 1.56. The van der Waals surface area contributed by atoms with Gasteiger partial charge < -0.3 is 10.6 Å². The molecule has 1 aromatic carbocycles. The first kappa shape index (κ1) is 12.8. The van der Waals surface area contributed by atoms with E-state index in [-0.39, 0.29) is 0 Å². The topological polar surface area (TPSA) is 36.4 Å². The van der Waals surface area contributed by atoms with Crippen LogP contribution in [0.1, 0.15) is 13.8 Å². The molecule has 0 atom stereocenters. The second kappa shape index (κ2) is 6.33. The Hall–Kier alpha value is -1.29. The number of anilines is 1. The van der Waals surface area contributed by atoms with Crippen LogP contribution >= 0.6 is 24.4 Å². The van der Waals surface area contributed by atoms with Crippen LogP contribution in [-0.2, 0) is 0 Å². The van der Waals surface area contributed by atoms with Crippen molar-refractivity contribution in [2.45, 2.75) is 19.9 Å². The normalized spacial score (nSPS) is 9.44. The summed E-state index contributed by atoms with van der Waals surface area (Å²) in [5.74, 6) is 0. The summed E-state index contributed by atoms with van der Waals surface area (Å²) in [6.07, 6.45) is 0. The van der Waals surface area contributed by atoms with Crippen molar-refractivity contribution in [3.05, 3.63) is 24.3 Å². The van der Waals surface area contributed by atoms with Crippen molar-refractivity contribution in [2.75, 3.05) is 5.32 Å². The lowest BCUT2D eigenvalue weighted by molar-refractivity contribution is 0.739. The van der Waals surface area contributed by atoms with E-state index in [0.717, 1.165) is 11.4 Å². The molecule has 0 aliphatic carbocycles. The van der Waals surface area contributed by atoms with Gasteiger partial charge in [-0.3, -0.25) is 0 Å². The number of aliphatic imine (C=N–C) groups is 1. The molecule has 0 heterocycles. The molecule has 0 unspecified atom stereocenters. The lowest BCUT2D eigenvalue weighted by Gasteiger charge is -2.12. The van der Waals surface area contributed by atoms with E-state index in [1.165, 1.54) is 0 Å². The van der Waals surface area contributed by atoms with Gasteiger partial charge in [0.05, 0.1) is 10.8 Å². The molecule has 0 bridgehead atoms. The van der Waals surface area contributed by atoms with E-state index >= 15 is 0 Å². The van der Waals surface area contributed by atoms with Crippen molar-refractivity contribution in [3.8, 4) is 0 Å². The van der Waals surface area contributed by atoms with Crippen LogP contribution in [0.15, 0.2) is 29.3 Å². The molecule has 0 fully saturated rings. The molecular formula is C11H13N3S2. The van der Waals surface area contributed by atoms with E-state index < -0.39 is 0 Å². The molecule has 1 aromatic rings. The zero-order valence-electron chi connectivity index (χ0n) is 9.15. The lowest BCUT2D eigenvalue weighted by Crippen LogP contribution is -2.33. The minimum absolute atomic E-state index is 0.318. The Kier molecular flexibility index (Phi) is 5.05. The predicted molar refractivity (Wildman–Crippen MR) is 75.6 cm³/mol. The number of rotatable bonds is 3. The molecule has 1 rings (SSSR count). The molecule has 0 saturated heterocycles. The van der Waals surface area contributed by atoms with Gasteiger partial charge in [-0.15, -0.1) is 0 Å². The van der Waals surface area contributed by atoms with Crippen LogP contribution in [0.2, 0.25) is 0 Å². The maximum Gasteiger partial charge on any atom is 0.170 e. The van der Waals surface area contributed by atoms with Crippen molar-refractivity contribution in [2.24, 2.45) is 4.99 Å². The number of hydrogen-bond donors (Lipinski definition) is 2. The van der Waals surface area contributed by atoms with Gasteiger partial charge in [0.2, 0.25) is 0 Å². The van der Waals surface area contributed by atoms with Crippen LogP contribution in [0, 0.1) is 0 Å². The maximum absolute atomic E-state index is 5.12. The molecule has 5 heteroatoms. The molecule has 3 nitrogen and oxygen atoms in total. The van der Waals surface area contributed by atoms with Gasteiger partial charge in [-0.2, -0.15) is 4.99 Å². The molecule has 0 saturated carbocycles. The second-order valence-electron chi connectivity index (χ2n) is 3.50. The average Bonchev–Trinajstić information content (AvgIpc) is 2.20. The van der Waals surface area contributed by atoms with E-state index in [0.29, 0.717) is 11.2 Å². The summed E-state index contributed by atoms with van der Waals surface area (Å²) >= 11 is 9.64. The van der Waals surface area contributed by atoms with Crippen LogP contribution in [0.25, 0.3) is 0 Å². The molecule has 0 amide bonds. The summed E-state index contributed by atoms with van der Waals surface area (Å²) in [4.78, 5) is 3.86. The van der Waals surface area contributed by atoms with Gasteiger partial charge in [-0.05, 0) is 62.5 Å². The quantitative estimate of drug-likeness (QED) is 0.639. The fraction of sp³-hybridized carbons (Fsp3) is 0.273. The average molecular weight is 251 g/mol. The molecule has 84 valence electrons. The zero-order chi connectivity index (χ0) is 12.0. The summed E-state index contributed by atoms with van der Waals surface area (Å²) in [5, 5.41) is 9.11. The summed E-state index contributed by atoms with van der Waals surface area (Å²) in [5.41, 5.74) is 1.70. The maximum atomic E-state index is 5.12. The first-order valence-corrected chi connectivity index (χ1v) is 5.69. The van der Waals surface area contributed by atoms with Crippen LogP contribution in [0.4, 0.5) is 11.4 Å². The number of isothiocyanates is 1. The smallest absolute Gasteiger partial charge is 0.170 e. The Labute approximate surface area is 106 Å². The van der Waals surface area contributed by atoms with Gasteiger partial charge in [0.1, 0.15) is 0 Å². The number of hydrogen-bond acceptors (Lipinski definition) is 3. The SMILES string of the molecule is CC(C)NC(=S)Nc1ccc(N=C=S)cc1. The number of thiocarbonyl (C=S) groups is 2. The van der Waals surface area contributed by atoms with Crippen molar-refractivity contribution in [1.82, 2.24) is 5.32 Å². The van der Waals surface area contributed by atoms with Gasteiger partial charge >= 0.3 is 0 Å². The summed E-state index contributed by atoms with van der Waals surface area (Å²) in [6, 6.07) is 7.79. The van der Waals surface area contributed by atoms with Crippen LogP contribution < -0.4 is 10.6 Å².